The number of benzene rings is 1. The Morgan fingerprint density at radius 2 is 1.94 bits per heavy atom. The Hall–Kier alpha value is -1.55. The van der Waals surface area contributed by atoms with E-state index in [2.05, 4.69) is 0 Å². The number of carbonyl (C=O) groups excluding carboxylic acids is 2. The van der Waals surface area contributed by atoms with Gasteiger partial charge in [0.1, 0.15) is 11.5 Å². The molecule has 0 heterocycles. The van der Waals surface area contributed by atoms with E-state index in [1.807, 2.05) is 0 Å². The fraction of sp³-hybridized carbons (Fsp3) is 0.273. The highest BCUT2D eigenvalue weighted by Gasteiger charge is 2.19. The van der Waals surface area contributed by atoms with Crippen LogP contribution in [0.25, 0.3) is 0 Å². The van der Waals surface area contributed by atoms with E-state index in [9.17, 15) is 9.59 Å². The van der Waals surface area contributed by atoms with Gasteiger partial charge >= 0.3 is 0 Å². The molecule has 0 saturated carbocycles. The number of alkyl halides is 1. The number of hydrogen-bond donors (Lipinski definition) is 0. The Labute approximate surface area is 98.1 Å². The first kappa shape index (κ1) is 12.5. The molecule has 1 aromatic rings. The number of Topliss-reactive ketones (excluding diaryl/α,β-unsaturated/α-hetero) is 2. The van der Waals surface area contributed by atoms with Crippen LogP contribution in [0.3, 0.4) is 0 Å². The van der Waals surface area contributed by atoms with Gasteiger partial charge in [0, 0.05) is 6.07 Å². The molecule has 1 aromatic carbocycles. The third-order valence-corrected chi connectivity index (χ3v) is 2.27. The molecule has 0 radical (unpaired) electrons. The lowest BCUT2D eigenvalue weighted by Crippen LogP contribution is -2.16. The van der Waals surface area contributed by atoms with Crippen LogP contribution in [0.15, 0.2) is 18.2 Å². The molecule has 0 aliphatic rings. The molecule has 0 atom stereocenters. The summed E-state index contributed by atoms with van der Waals surface area (Å²) in [6.45, 7) is 0. The van der Waals surface area contributed by atoms with Crippen molar-refractivity contribution in [2.75, 3.05) is 20.1 Å². The van der Waals surface area contributed by atoms with Gasteiger partial charge in [-0.25, -0.2) is 0 Å². The number of rotatable bonds is 5. The van der Waals surface area contributed by atoms with Gasteiger partial charge in [0.25, 0.3) is 0 Å². The Balaban J connectivity index is 3.13. The van der Waals surface area contributed by atoms with Gasteiger partial charge in [0.15, 0.2) is 0 Å². The van der Waals surface area contributed by atoms with Crippen LogP contribution in [0.4, 0.5) is 0 Å². The fourth-order valence-corrected chi connectivity index (χ4v) is 1.32. The zero-order valence-corrected chi connectivity index (χ0v) is 9.71. The van der Waals surface area contributed by atoms with E-state index in [0.29, 0.717) is 11.5 Å². The first-order valence-electron chi connectivity index (χ1n) is 4.49. The Bertz CT molecular complexity index is 414. The van der Waals surface area contributed by atoms with Gasteiger partial charge in [0.2, 0.25) is 11.6 Å². The van der Waals surface area contributed by atoms with E-state index in [-0.39, 0.29) is 11.4 Å². The third-order valence-electron chi connectivity index (χ3n) is 2.03. The molecule has 0 N–H and O–H groups in total. The van der Waals surface area contributed by atoms with Crippen molar-refractivity contribution in [1.82, 2.24) is 0 Å². The molecule has 0 aromatic heterocycles. The SMILES string of the molecule is COc1ccc(C(=O)C(=O)CCl)c(OC)c1. The molecule has 0 fully saturated rings. The lowest BCUT2D eigenvalue weighted by atomic mass is 10.1. The molecule has 86 valence electrons. The monoisotopic (exact) mass is 242 g/mol. The molecule has 4 nitrogen and oxygen atoms in total. The van der Waals surface area contributed by atoms with Crippen molar-refractivity contribution in [2.45, 2.75) is 0 Å². The van der Waals surface area contributed by atoms with Crippen molar-refractivity contribution in [1.29, 1.82) is 0 Å². The molecule has 0 unspecified atom stereocenters. The zero-order chi connectivity index (χ0) is 12.1. The predicted octanol–water partition coefficient (Wildman–Crippen LogP) is 1.69. The standard InChI is InChI=1S/C11H11ClO4/c1-15-7-3-4-8(10(5-7)16-2)11(14)9(13)6-12/h3-5H,6H2,1-2H3. The molecule has 5 heteroatoms. The van der Waals surface area contributed by atoms with Crippen molar-refractivity contribution in [2.24, 2.45) is 0 Å². The fourth-order valence-electron chi connectivity index (χ4n) is 1.20. The van der Waals surface area contributed by atoms with E-state index < -0.39 is 11.6 Å². The molecule has 0 aliphatic heterocycles. The molecule has 0 aliphatic carbocycles. The van der Waals surface area contributed by atoms with Gasteiger partial charge in [-0.3, -0.25) is 9.59 Å². The summed E-state index contributed by atoms with van der Waals surface area (Å²) in [5, 5.41) is 0. The van der Waals surface area contributed by atoms with Gasteiger partial charge in [-0.15, -0.1) is 11.6 Å². The van der Waals surface area contributed by atoms with E-state index in [1.165, 1.54) is 26.4 Å². The van der Waals surface area contributed by atoms with Crippen LogP contribution in [-0.2, 0) is 4.79 Å². The Morgan fingerprint density at radius 3 is 2.44 bits per heavy atom. The molecular formula is C11H11ClO4. The van der Waals surface area contributed by atoms with Crippen LogP contribution in [0.5, 0.6) is 11.5 Å². The summed E-state index contributed by atoms with van der Waals surface area (Å²) in [4.78, 5) is 22.8. The predicted molar refractivity (Wildman–Crippen MR) is 59.6 cm³/mol. The van der Waals surface area contributed by atoms with Gasteiger partial charge in [-0.05, 0) is 12.1 Å². The van der Waals surface area contributed by atoms with E-state index in [4.69, 9.17) is 21.1 Å². The van der Waals surface area contributed by atoms with E-state index >= 15 is 0 Å². The first-order valence-corrected chi connectivity index (χ1v) is 5.03. The summed E-state index contributed by atoms with van der Waals surface area (Å²) >= 11 is 5.31. The van der Waals surface area contributed by atoms with Crippen LogP contribution >= 0.6 is 11.6 Å². The Morgan fingerprint density at radius 1 is 1.25 bits per heavy atom. The molecule has 0 amide bonds. The number of halogens is 1. The van der Waals surface area contributed by atoms with Gasteiger partial charge in [-0.1, -0.05) is 0 Å². The van der Waals surface area contributed by atoms with Crippen molar-refractivity contribution in [3.8, 4) is 11.5 Å². The average Bonchev–Trinajstić information content (AvgIpc) is 2.35. The maximum absolute atomic E-state index is 11.6. The number of hydrogen-bond acceptors (Lipinski definition) is 4. The third kappa shape index (κ3) is 2.52. The zero-order valence-electron chi connectivity index (χ0n) is 8.95. The highest BCUT2D eigenvalue weighted by molar-refractivity contribution is 6.51. The normalized spacial score (nSPS) is 9.69. The van der Waals surface area contributed by atoms with Gasteiger partial charge in [-0.2, -0.15) is 0 Å². The van der Waals surface area contributed by atoms with Crippen molar-refractivity contribution < 1.29 is 19.1 Å². The Kier molecular flexibility index (Phi) is 4.31. The van der Waals surface area contributed by atoms with Crippen molar-refractivity contribution >= 4 is 23.2 Å². The van der Waals surface area contributed by atoms with E-state index in [1.54, 1.807) is 6.07 Å². The first-order chi connectivity index (χ1) is 7.63. The minimum atomic E-state index is -0.662. The maximum Gasteiger partial charge on any atom is 0.233 e. The molecule has 0 spiro atoms. The minimum absolute atomic E-state index is 0.189. The van der Waals surface area contributed by atoms with Crippen LogP contribution in [0.2, 0.25) is 0 Å². The molecule has 1 rings (SSSR count). The maximum atomic E-state index is 11.6. The second-order valence-electron chi connectivity index (χ2n) is 2.95. The number of ketones is 2. The molecular weight excluding hydrogens is 232 g/mol. The topological polar surface area (TPSA) is 52.6 Å². The largest absolute Gasteiger partial charge is 0.497 e. The smallest absolute Gasteiger partial charge is 0.233 e. The summed E-state index contributed by atoms with van der Waals surface area (Å²) in [5.74, 6) is -0.817. The molecule has 0 bridgehead atoms. The van der Waals surface area contributed by atoms with Gasteiger partial charge in [0.05, 0.1) is 25.7 Å². The summed E-state index contributed by atoms with van der Waals surface area (Å²) in [6, 6.07) is 4.59. The molecule has 16 heavy (non-hydrogen) atoms. The van der Waals surface area contributed by atoms with Crippen LogP contribution in [0.1, 0.15) is 10.4 Å². The summed E-state index contributed by atoms with van der Waals surface area (Å²) in [5.41, 5.74) is 0.189. The second kappa shape index (κ2) is 5.51. The lowest BCUT2D eigenvalue weighted by molar-refractivity contribution is -0.112. The van der Waals surface area contributed by atoms with Crippen molar-refractivity contribution in [3.05, 3.63) is 23.8 Å². The van der Waals surface area contributed by atoms with Crippen LogP contribution in [0, 0.1) is 0 Å². The number of ether oxygens (including phenoxy) is 2. The second-order valence-corrected chi connectivity index (χ2v) is 3.22. The minimum Gasteiger partial charge on any atom is -0.497 e. The van der Waals surface area contributed by atoms with Crippen LogP contribution < -0.4 is 9.47 Å². The molecule has 0 saturated heterocycles. The van der Waals surface area contributed by atoms with Gasteiger partial charge < -0.3 is 9.47 Å². The highest BCUT2D eigenvalue weighted by atomic mass is 35.5. The summed E-state index contributed by atoms with van der Waals surface area (Å²) in [7, 11) is 2.91. The average molecular weight is 243 g/mol. The van der Waals surface area contributed by atoms with E-state index in [0.717, 1.165) is 0 Å². The van der Waals surface area contributed by atoms with Crippen LogP contribution in [-0.4, -0.2) is 31.7 Å². The van der Waals surface area contributed by atoms with Crippen molar-refractivity contribution in [3.63, 3.8) is 0 Å². The lowest BCUT2D eigenvalue weighted by Gasteiger charge is -2.08. The number of methoxy groups -OCH3 is 2. The summed E-state index contributed by atoms with van der Waals surface area (Å²) in [6.07, 6.45) is 0. The quantitative estimate of drug-likeness (QED) is 0.448. The summed E-state index contributed by atoms with van der Waals surface area (Å²) < 4.78 is 9.98. The number of carbonyl (C=O) groups is 2. The highest BCUT2D eigenvalue weighted by Crippen LogP contribution is 2.25.